The van der Waals surface area contributed by atoms with Gasteiger partial charge >= 0.3 is 0 Å². The standard InChI is InChI=1S/C28H31BrClN3O4S/c1-19(2)31-28(35)21(4)32(17-22-8-5-6-11-26(22)30)27(34)18-33(24-10-7-9-23(29)16-24)38(36,37)25-14-12-20(3)13-15-25/h5-16,19,21H,17-18H2,1-4H3,(H,31,35). The van der Waals surface area contributed by atoms with Gasteiger partial charge in [0, 0.05) is 22.1 Å². The molecule has 10 heteroatoms. The summed E-state index contributed by atoms with van der Waals surface area (Å²) in [7, 11) is -4.12. The first-order valence-corrected chi connectivity index (χ1v) is 14.7. The number of aryl methyl sites for hydroxylation is 1. The van der Waals surface area contributed by atoms with Crippen molar-refractivity contribution in [3.8, 4) is 0 Å². The smallest absolute Gasteiger partial charge is 0.264 e. The Kier molecular flexibility index (Phi) is 9.98. The second-order valence-electron chi connectivity index (χ2n) is 9.26. The Balaban J connectivity index is 2.04. The molecule has 0 radical (unpaired) electrons. The number of carbonyl (C=O) groups is 2. The van der Waals surface area contributed by atoms with Crippen LogP contribution < -0.4 is 9.62 Å². The van der Waals surface area contributed by atoms with E-state index >= 15 is 0 Å². The van der Waals surface area contributed by atoms with Gasteiger partial charge in [-0.2, -0.15) is 0 Å². The molecule has 0 spiro atoms. The predicted octanol–water partition coefficient (Wildman–Crippen LogP) is 5.55. The molecule has 3 rings (SSSR count). The number of anilines is 1. The quantitative estimate of drug-likeness (QED) is 0.322. The Bertz CT molecular complexity index is 1400. The number of halogens is 2. The van der Waals surface area contributed by atoms with E-state index in [1.165, 1.54) is 17.0 Å². The lowest BCUT2D eigenvalue weighted by atomic mass is 10.1. The second-order valence-corrected chi connectivity index (χ2v) is 12.4. The number of rotatable bonds is 10. The zero-order valence-electron chi connectivity index (χ0n) is 21.7. The molecule has 0 aromatic heterocycles. The van der Waals surface area contributed by atoms with Crippen LogP contribution in [0.2, 0.25) is 5.02 Å². The monoisotopic (exact) mass is 619 g/mol. The van der Waals surface area contributed by atoms with Gasteiger partial charge in [-0.1, -0.05) is 69.5 Å². The third-order valence-corrected chi connectivity index (χ3v) is 8.53. The molecular formula is C28H31BrClN3O4S. The summed E-state index contributed by atoms with van der Waals surface area (Å²) in [5.74, 6) is -0.900. The number of nitrogens with zero attached hydrogens (tertiary/aromatic N) is 2. The molecule has 0 bridgehead atoms. The van der Waals surface area contributed by atoms with Crippen molar-refractivity contribution in [2.45, 2.75) is 51.2 Å². The van der Waals surface area contributed by atoms with Crippen LogP contribution in [0.4, 0.5) is 5.69 Å². The Hall–Kier alpha value is -2.88. The maximum Gasteiger partial charge on any atom is 0.264 e. The molecular weight excluding hydrogens is 590 g/mol. The summed E-state index contributed by atoms with van der Waals surface area (Å²) in [5.41, 5.74) is 1.86. The molecule has 0 saturated heterocycles. The van der Waals surface area contributed by atoms with Gasteiger partial charge in [0.2, 0.25) is 11.8 Å². The lowest BCUT2D eigenvalue weighted by Gasteiger charge is -2.32. The molecule has 2 amide bonds. The summed E-state index contributed by atoms with van der Waals surface area (Å²) in [6.07, 6.45) is 0. The van der Waals surface area contributed by atoms with Crippen LogP contribution in [0.3, 0.4) is 0 Å². The molecule has 0 aliphatic heterocycles. The van der Waals surface area contributed by atoms with Crippen LogP contribution >= 0.6 is 27.5 Å². The Morgan fingerprint density at radius 3 is 2.24 bits per heavy atom. The number of benzene rings is 3. The van der Waals surface area contributed by atoms with Crippen molar-refractivity contribution in [2.75, 3.05) is 10.8 Å². The maximum atomic E-state index is 13.9. The largest absolute Gasteiger partial charge is 0.352 e. The van der Waals surface area contributed by atoms with Crippen molar-refractivity contribution < 1.29 is 18.0 Å². The van der Waals surface area contributed by atoms with Crippen LogP contribution in [0.1, 0.15) is 31.9 Å². The summed E-state index contributed by atoms with van der Waals surface area (Å²) in [4.78, 5) is 28.2. The normalized spacial score (nSPS) is 12.2. The molecule has 0 fully saturated rings. The first-order chi connectivity index (χ1) is 17.9. The van der Waals surface area contributed by atoms with Gasteiger partial charge in [0.1, 0.15) is 12.6 Å². The Morgan fingerprint density at radius 1 is 0.974 bits per heavy atom. The van der Waals surface area contributed by atoms with Gasteiger partial charge in [0.25, 0.3) is 10.0 Å². The zero-order chi connectivity index (χ0) is 28.0. The van der Waals surface area contributed by atoms with Crippen LogP contribution in [-0.4, -0.2) is 43.8 Å². The van der Waals surface area contributed by atoms with Crippen molar-refractivity contribution in [2.24, 2.45) is 0 Å². The molecule has 7 nitrogen and oxygen atoms in total. The van der Waals surface area contributed by atoms with Gasteiger partial charge in [0.05, 0.1) is 10.6 Å². The summed E-state index contributed by atoms with van der Waals surface area (Å²) < 4.78 is 29.4. The van der Waals surface area contributed by atoms with E-state index in [0.717, 1.165) is 9.87 Å². The fourth-order valence-electron chi connectivity index (χ4n) is 3.80. The Morgan fingerprint density at radius 2 is 1.63 bits per heavy atom. The first kappa shape index (κ1) is 29.7. The van der Waals surface area contributed by atoms with E-state index < -0.39 is 28.5 Å². The summed E-state index contributed by atoms with van der Waals surface area (Å²) in [5, 5.41) is 3.27. The van der Waals surface area contributed by atoms with Gasteiger partial charge in [-0.25, -0.2) is 8.42 Å². The molecule has 1 N–H and O–H groups in total. The van der Waals surface area contributed by atoms with Crippen molar-refractivity contribution in [3.63, 3.8) is 0 Å². The average Bonchev–Trinajstić information content (AvgIpc) is 2.86. The van der Waals surface area contributed by atoms with Crippen LogP contribution in [0.25, 0.3) is 0 Å². The third-order valence-electron chi connectivity index (χ3n) is 5.88. The van der Waals surface area contributed by atoms with Gasteiger partial charge < -0.3 is 10.2 Å². The number of amides is 2. The fourth-order valence-corrected chi connectivity index (χ4v) is 5.78. The van der Waals surface area contributed by atoms with Crippen LogP contribution in [0.15, 0.2) is 82.2 Å². The molecule has 0 saturated carbocycles. The molecule has 202 valence electrons. The van der Waals surface area contributed by atoms with Gasteiger partial charge in [-0.15, -0.1) is 0 Å². The average molecular weight is 621 g/mol. The van der Waals surface area contributed by atoms with E-state index in [9.17, 15) is 18.0 Å². The topological polar surface area (TPSA) is 86.8 Å². The summed E-state index contributed by atoms with van der Waals surface area (Å²) >= 11 is 9.77. The van der Waals surface area contributed by atoms with E-state index in [2.05, 4.69) is 21.2 Å². The van der Waals surface area contributed by atoms with Crippen LogP contribution in [0, 0.1) is 6.92 Å². The molecule has 3 aromatic carbocycles. The maximum absolute atomic E-state index is 13.9. The highest BCUT2D eigenvalue weighted by molar-refractivity contribution is 9.10. The minimum absolute atomic E-state index is 0.0299. The highest BCUT2D eigenvalue weighted by atomic mass is 79.9. The Labute approximate surface area is 238 Å². The fraction of sp³-hybridized carbons (Fsp3) is 0.286. The highest BCUT2D eigenvalue weighted by Crippen LogP contribution is 2.27. The van der Waals surface area contributed by atoms with Crippen LogP contribution in [-0.2, 0) is 26.2 Å². The van der Waals surface area contributed by atoms with E-state index in [0.29, 0.717) is 20.7 Å². The lowest BCUT2D eigenvalue weighted by molar-refractivity contribution is -0.139. The van der Waals surface area contributed by atoms with E-state index in [1.807, 2.05) is 20.8 Å². The SMILES string of the molecule is Cc1ccc(S(=O)(=O)N(CC(=O)N(Cc2ccccc2Cl)C(C)C(=O)NC(C)C)c2cccc(Br)c2)cc1. The van der Waals surface area contributed by atoms with Gasteiger partial charge in [0.15, 0.2) is 0 Å². The second kappa shape index (κ2) is 12.8. The number of nitrogens with one attached hydrogen (secondary N) is 1. The molecule has 3 aromatic rings. The minimum Gasteiger partial charge on any atom is -0.352 e. The summed E-state index contributed by atoms with van der Waals surface area (Å²) in [6.45, 7) is 6.65. The minimum atomic E-state index is -4.12. The first-order valence-electron chi connectivity index (χ1n) is 12.1. The van der Waals surface area contributed by atoms with E-state index in [1.54, 1.807) is 67.6 Å². The number of hydrogen-bond donors (Lipinski definition) is 1. The van der Waals surface area contributed by atoms with Crippen LogP contribution in [0.5, 0.6) is 0 Å². The van der Waals surface area contributed by atoms with Crippen molar-refractivity contribution >= 4 is 55.1 Å². The molecule has 0 heterocycles. The van der Waals surface area contributed by atoms with Gasteiger partial charge in [-0.05, 0) is 69.7 Å². The molecule has 1 unspecified atom stereocenters. The van der Waals surface area contributed by atoms with Crippen molar-refractivity contribution in [1.82, 2.24) is 10.2 Å². The number of sulfonamides is 1. The van der Waals surface area contributed by atoms with Crippen molar-refractivity contribution in [3.05, 3.63) is 93.4 Å². The molecule has 0 aliphatic rings. The van der Waals surface area contributed by atoms with E-state index in [4.69, 9.17) is 11.6 Å². The van der Waals surface area contributed by atoms with Gasteiger partial charge in [-0.3, -0.25) is 13.9 Å². The third kappa shape index (κ3) is 7.36. The predicted molar refractivity (Wildman–Crippen MR) is 155 cm³/mol. The lowest BCUT2D eigenvalue weighted by Crippen LogP contribution is -2.52. The number of hydrogen-bond acceptors (Lipinski definition) is 4. The summed E-state index contributed by atoms with van der Waals surface area (Å²) in [6, 6.07) is 19.2. The molecule has 38 heavy (non-hydrogen) atoms. The van der Waals surface area contributed by atoms with E-state index in [-0.39, 0.29) is 23.4 Å². The molecule has 1 atom stereocenters. The van der Waals surface area contributed by atoms with Crippen molar-refractivity contribution in [1.29, 1.82) is 0 Å². The highest BCUT2D eigenvalue weighted by Gasteiger charge is 2.33. The molecule has 0 aliphatic carbocycles. The number of carbonyl (C=O) groups excluding carboxylic acids is 2. The zero-order valence-corrected chi connectivity index (χ0v) is 24.8.